The highest BCUT2D eigenvalue weighted by atomic mass is 14.1. The van der Waals surface area contributed by atoms with Gasteiger partial charge in [-0.25, -0.2) is 0 Å². The summed E-state index contributed by atoms with van der Waals surface area (Å²) in [6, 6.07) is 0. The third kappa shape index (κ3) is 3.23. The topological polar surface area (TPSA) is 0 Å². The highest BCUT2D eigenvalue weighted by Crippen LogP contribution is 2.25. The van der Waals surface area contributed by atoms with Crippen LogP contribution >= 0.6 is 0 Å². The molecule has 0 aromatic carbocycles. The van der Waals surface area contributed by atoms with E-state index >= 15 is 0 Å². The molecule has 0 aromatic heterocycles. The maximum atomic E-state index is 2.38. The molecule has 2 rings (SSSR count). The van der Waals surface area contributed by atoms with Gasteiger partial charge in [-0.1, -0.05) is 54.5 Å². The minimum Gasteiger partial charge on any atom is -0.0805 e. The van der Waals surface area contributed by atoms with E-state index in [0.29, 0.717) is 0 Å². The van der Waals surface area contributed by atoms with Crippen molar-refractivity contribution in [1.82, 2.24) is 0 Å². The summed E-state index contributed by atoms with van der Waals surface area (Å²) < 4.78 is 0. The van der Waals surface area contributed by atoms with E-state index in [1.807, 2.05) is 0 Å². The van der Waals surface area contributed by atoms with Gasteiger partial charge in [-0.2, -0.15) is 0 Å². The molecule has 0 saturated heterocycles. The molecule has 80 valence electrons. The van der Waals surface area contributed by atoms with E-state index in [4.69, 9.17) is 0 Å². The minimum atomic E-state index is 0.831. The summed E-state index contributed by atoms with van der Waals surface area (Å²) in [6.45, 7) is 2.38. The van der Waals surface area contributed by atoms with Crippen molar-refractivity contribution >= 4 is 0 Å². The smallest absolute Gasteiger partial charge is 0.0132 e. The van der Waals surface area contributed by atoms with Crippen LogP contribution in [-0.2, 0) is 0 Å². The number of allylic oxidation sites excluding steroid dienone is 8. The molecule has 0 aliphatic heterocycles. The lowest BCUT2D eigenvalue weighted by atomic mass is 9.94. The van der Waals surface area contributed by atoms with Crippen molar-refractivity contribution < 1.29 is 0 Å². The van der Waals surface area contributed by atoms with E-state index in [2.05, 4.69) is 43.4 Å². The molecule has 0 saturated carbocycles. The first-order valence-electron chi connectivity index (χ1n) is 6.04. The van der Waals surface area contributed by atoms with Crippen LogP contribution in [0.3, 0.4) is 0 Å². The molecule has 15 heavy (non-hydrogen) atoms. The standard InChI is InChI=1S/C15H20/c1-13(12-15-8-4-5-9-15)10-11-14-6-2-3-7-14/h2-6,8,13H,7,9-12H2,1H3. The van der Waals surface area contributed by atoms with Gasteiger partial charge in [-0.05, 0) is 38.0 Å². The van der Waals surface area contributed by atoms with E-state index in [1.54, 1.807) is 11.1 Å². The molecule has 0 amide bonds. The summed E-state index contributed by atoms with van der Waals surface area (Å²) >= 11 is 0. The van der Waals surface area contributed by atoms with Gasteiger partial charge in [0.2, 0.25) is 0 Å². The van der Waals surface area contributed by atoms with Crippen LogP contribution < -0.4 is 0 Å². The highest BCUT2D eigenvalue weighted by Gasteiger charge is 2.08. The molecule has 0 heterocycles. The number of hydrogen-bond acceptors (Lipinski definition) is 0. The Kier molecular flexibility index (Phi) is 3.60. The van der Waals surface area contributed by atoms with Gasteiger partial charge in [-0.15, -0.1) is 0 Å². The Morgan fingerprint density at radius 3 is 2.33 bits per heavy atom. The Hall–Kier alpha value is -1.04. The Balaban J connectivity index is 1.66. The second-order valence-corrected chi connectivity index (χ2v) is 4.76. The summed E-state index contributed by atoms with van der Waals surface area (Å²) in [5.41, 5.74) is 3.22. The van der Waals surface area contributed by atoms with Crippen LogP contribution in [0.1, 0.15) is 39.0 Å². The molecule has 0 aromatic rings. The third-order valence-corrected chi connectivity index (χ3v) is 3.27. The summed E-state index contributed by atoms with van der Waals surface area (Å²) in [5, 5.41) is 0. The van der Waals surface area contributed by atoms with Crippen molar-refractivity contribution in [3.63, 3.8) is 0 Å². The fourth-order valence-electron chi connectivity index (χ4n) is 2.30. The molecule has 2 aliphatic carbocycles. The zero-order chi connectivity index (χ0) is 10.5. The van der Waals surface area contributed by atoms with Crippen LogP contribution in [-0.4, -0.2) is 0 Å². The Morgan fingerprint density at radius 2 is 1.73 bits per heavy atom. The Bertz CT molecular complexity index is 326. The summed E-state index contributed by atoms with van der Waals surface area (Å²) in [5.74, 6) is 0.831. The van der Waals surface area contributed by atoms with Crippen LogP contribution in [0.25, 0.3) is 0 Å². The second-order valence-electron chi connectivity index (χ2n) is 4.76. The van der Waals surface area contributed by atoms with Crippen LogP contribution in [0, 0.1) is 5.92 Å². The maximum absolute atomic E-state index is 2.38. The fraction of sp³-hybridized carbons (Fsp3) is 0.467. The fourth-order valence-corrected chi connectivity index (χ4v) is 2.30. The quantitative estimate of drug-likeness (QED) is 0.610. The van der Waals surface area contributed by atoms with Crippen LogP contribution in [0.15, 0.2) is 47.6 Å². The number of rotatable bonds is 5. The average Bonchev–Trinajstić information content (AvgIpc) is 2.86. The molecule has 0 bridgehead atoms. The normalized spacial score (nSPS) is 20.6. The molecule has 0 nitrogen and oxygen atoms in total. The summed E-state index contributed by atoms with van der Waals surface area (Å²) in [7, 11) is 0. The number of hydrogen-bond donors (Lipinski definition) is 0. The molecule has 0 heteroatoms. The van der Waals surface area contributed by atoms with Crippen molar-refractivity contribution in [2.75, 3.05) is 0 Å². The molecular weight excluding hydrogens is 180 g/mol. The predicted molar refractivity (Wildman–Crippen MR) is 66.7 cm³/mol. The molecule has 2 aliphatic rings. The Labute approximate surface area is 93.1 Å². The van der Waals surface area contributed by atoms with Crippen LogP contribution in [0.4, 0.5) is 0 Å². The van der Waals surface area contributed by atoms with Gasteiger partial charge >= 0.3 is 0 Å². The van der Waals surface area contributed by atoms with Gasteiger partial charge in [0.15, 0.2) is 0 Å². The van der Waals surface area contributed by atoms with Gasteiger partial charge in [0.05, 0.1) is 0 Å². The lowest BCUT2D eigenvalue weighted by Crippen LogP contribution is -1.97. The summed E-state index contributed by atoms with van der Waals surface area (Å²) in [4.78, 5) is 0. The maximum Gasteiger partial charge on any atom is -0.0132 e. The van der Waals surface area contributed by atoms with E-state index < -0.39 is 0 Å². The first kappa shape index (κ1) is 10.5. The van der Waals surface area contributed by atoms with Crippen molar-refractivity contribution in [2.45, 2.75) is 39.0 Å². The van der Waals surface area contributed by atoms with E-state index in [0.717, 1.165) is 5.92 Å². The zero-order valence-electron chi connectivity index (χ0n) is 9.58. The SMILES string of the molecule is CC(CCC1=CC=CC1)CC1=CC=CC1. The largest absolute Gasteiger partial charge is 0.0805 e. The average molecular weight is 200 g/mol. The molecule has 0 fully saturated rings. The van der Waals surface area contributed by atoms with E-state index in [1.165, 1.54) is 32.1 Å². The van der Waals surface area contributed by atoms with Crippen molar-refractivity contribution in [3.05, 3.63) is 47.6 Å². The van der Waals surface area contributed by atoms with E-state index in [-0.39, 0.29) is 0 Å². The lowest BCUT2D eigenvalue weighted by Gasteiger charge is -2.12. The zero-order valence-corrected chi connectivity index (χ0v) is 9.58. The van der Waals surface area contributed by atoms with Gasteiger partial charge in [-0.3, -0.25) is 0 Å². The van der Waals surface area contributed by atoms with Crippen molar-refractivity contribution in [1.29, 1.82) is 0 Å². The molecule has 1 unspecified atom stereocenters. The van der Waals surface area contributed by atoms with Crippen molar-refractivity contribution in [3.8, 4) is 0 Å². The minimum absolute atomic E-state index is 0.831. The Morgan fingerprint density at radius 1 is 1.07 bits per heavy atom. The molecule has 0 radical (unpaired) electrons. The molecular formula is C15H20. The van der Waals surface area contributed by atoms with Gasteiger partial charge < -0.3 is 0 Å². The van der Waals surface area contributed by atoms with Crippen molar-refractivity contribution in [2.24, 2.45) is 5.92 Å². The molecule has 0 N–H and O–H groups in total. The highest BCUT2D eigenvalue weighted by molar-refractivity contribution is 5.24. The van der Waals surface area contributed by atoms with E-state index in [9.17, 15) is 0 Å². The van der Waals surface area contributed by atoms with Crippen LogP contribution in [0.2, 0.25) is 0 Å². The molecule has 1 atom stereocenters. The first-order chi connectivity index (χ1) is 7.34. The summed E-state index contributed by atoms with van der Waals surface area (Å²) in [6.07, 6.45) is 19.7. The second kappa shape index (κ2) is 5.16. The van der Waals surface area contributed by atoms with Crippen LogP contribution in [0.5, 0.6) is 0 Å². The van der Waals surface area contributed by atoms with Gasteiger partial charge in [0.25, 0.3) is 0 Å². The van der Waals surface area contributed by atoms with Gasteiger partial charge in [0, 0.05) is 0 Å². The van der Waals surface area contributed by atoms with Gasteiger partial charge in [0.1, 0.15) is 0 Å². The molecule has 0 spiro atoms. The third-order valence-electron chi connectivity index (χ3n) is 3.27. The lowest BCUT2D eigenvalue weighted by molar-refractivity contribution is 0.523. The predicted octanol–water partition coefficient (Wildman–Crippen LogP) is 4.57. The first-order valence-corrected chi connectivity index (χ1v) is 6.04. The monoisotopic (exact) mass is 200 g/mol.